The Kier molecular flexibility index (Phi) is 5.92. The van der Waals surface area contributed by atoms with Gasteiger partial charge >= 0.3 is 0 Å². The molecule has 0 bridgehead atoms. The highest BCUT2D eigenvalue weighted by Crippen LogP contribution is 2.45. The molecule has 1 fully saturated rings. The van der Waals surface area contributed by atoms with E-state index < -0.39 is 0 Å². The minimum Gasteiger partial charge on any atom is -0.468 e. The van der Waals surface area contributed by atoms with Crippen LogP contribution in [0.1, 0.15) is 32.3 Å². The molecule has 0 aliphatic carbocycles. The Bertz CT molecular complexity index is 650. The van der Waals surface area contributed by atoms with E-state index in [4.69, 9.17) is 4.42 Å². The molecule has 6 heteroatoms. The maximum atomic E-state index is 12.4. The van der Waals surface area contributed by atoms with Crippen molar-refractivity contribution in [1.82, 2.24) is 10.2 Å². The summed E-state index contributed by atoms with van der Waals surface area (Å²) >= 11 is 3.94. The summed E-state index contributed by atoms with van der Waals surface area (Å²) in [7, 11) is 3.95. The average Bonchev–Trinajstić information content (AvgIpc) is 3.28. The maximum absolute atomic E-state index is 12.4. The lowest BCUT2D eigenvalue weighted by Crippen LogP contribution is -2.34. The van der Waals surface area contributed by atoms with Gasteiger partial charge in [-0.15, -0.1) is 23.5 Å². The number of hydrogen-bond donors (Lipinski definition) is 1. The predicted octanol–water partition coefficient (Wildman–Crippen LogP) is 3.79. The summed E-state index contributed by atoms with van der Waals surface area (Å²) in [5, 5.41) is 3.01. The van der Waals surface area contributed by atoms with E-state index in [0.29, 0.717) is 16.7 Å². The molecular weight excluding hydrogens is 340 g/mol. The van der Waals surface area contributed by atoms with Crippen molar-refractivity contribution in [3.05, 3.63) is 59.5 Å². The summed E-state index contributed by atoms with van der Waals surface area (Å²) in [6.07, 6.45) is 1.66. The molecule has 2 heterocycles. The normalized spacial score (nSPS) is 16.5. The Labute approximate surface area is 151 Å². The van der Waals surface area contributed by atoms with E-state index in [1.54, 1.807) is 6.26 Å². The van der Waals surface area contributed by atoms with Crippen LogP contribution in [0.2, 0.25) is 0 Å². The van der Waals surface area contributed by atoms with E-state index >= 15 is 0 Å². The number of nitrogens with zero attached hydrogens (tertiary/aromatic N) is 1. The first-order valence-corrected chi connectivity index (χ1v) is 10.1. The van der Waals surface area contributed by atoms with Crippen LogP contribution in [0.15, 0.2) is 47.1 Å². The second kappa shape index (κ2) is 8.14. The van der Waals surface area contributed by atoms with Gasteiger partial charge in [-0.05, 0) is 43.9 Å². The van der Waals surface area contributed by atoms with Gasteiger partial charge in [0.2, 0.25) is 0 Å². The third kappa shape index (κ3) is 4.18. The fraction of sp³-hybridized carbons (Fsp3) is 0.389. The van der Waals surface area contributed by atoms with Crippen LogP contribution in [-0.4, -0.2) is 43.0 Å². The third-order valence-corrected chi connectivity index (χ3v) is 7.12. The van der Waals surface area contributed by atoms with E-state index in [1.807, 2.05) is 66.8 Å². The second-order valence-electron chi connectivity index (χ2n) is 5.90. The summed E-state index contributed by atoms with van der Waals surface area (Å²) in [4.78, 5) is 14.4. The standard InChI is InChI=1S/C18H22N2O2S2/c1-20(2)15(16-4-3-9-22-16)12-19-17(21)13-5-7-14(8-6-13)18-23-10-11-24-18/h3-9,15,18H,10-12H2,1-2H3,(H,19,21)/t15-/m1/s1. The van der Waals surface area contributed by atoms with Crippen molar-refractivity contribution >= 4 is 29.4 Å². The van der Waals surface area contributed by atoms with Gasteiger partial charge in [-0.1, -0.05) is 12.1 Å². The molecule has 24 heavy (non-hydrogen) atoms. The zero-order valence-corrected chi connectivity index (χ0v) is 15.5. The number of carbonyl (C=O) groups excluding carboxylic acids is 1. The van der Waals surface area contributed by atoms with Gasteiger partial charge in [-0.2, -0.15) is 0 Å². The average molecular weight is 363 g/mol. The van der Waals surface area contributed by atoms with Crippen LogP contribution in [0, 0.1) is 0 Å². The number of likely N-dealkylation sites (N-methyl/N-ethyl adjacent to an activating group) is 1. The quantitative estimate of drug-likeness (QED) is 0.847. The first-order chi connectivity index (χ1) is 11.6. The molecule has 2 aromatic rings. The number of benzene rings is 1. The number of hydrogen-bond acceptors (Lipinski definition) is 5. The number of thioether (sulfide) groups is 2. The van der Waals surface area contributed by atoms with Crippen LogP contribution in [-0.2, 0) is 0 Å². The molecule has 1 aromatic heterocycles. The highest BCUT2D eigenvalue weighted by Gasteiger charge is 2.20. The topological polar surface area (TPSA) is 45.5 Å². The summed E-state index contributed by atoms with van der Waals surface area (Å²) in [5.74, 6) is 3.21. The fourth-order valence-electron chi connectivity index (χ4n) is 2.65. The van der Waals surface area contributed by atoms with Crippen molar-refractivity contribution < 1.29 is 9.21 Å². The fourth-order valence-corrected chi connectivity index (χ4v) is 5.51. The zero-order valence-electron chi connectivity index (χ0n) is 13.9. The molecule has 0 saturated carbocycles. The molecule has 1 N–H and O–H groups in total. The molecule has 0 radical (unpaired) electrons. The highest BCUT2D eigenvalue weighted by atomic mass is 32.2. The lowest BCUT2D eigenvalue weighted by atomic mass is 10.1. The molecular formula is C18H22N2O2S2. The Morgan fingerprint density at radius 2 is 1.96 bits per heavy atom. The van der Waals surface area contributed by atoms with Crippen molar-refractivity contribution in [3.8, 4) is 0 Å². The molecule has 0 unspecified atom stereocenters. The number of nitrogens with one attached hydrogen (secondary N) is 1. The lowest BCUT2D eigenvalue weighted by Gasteiger charge is -2.22. The molecule has 1 saturated heterocycles. The monoisotopic (exact) mass is 362 g/mol. The molecule has 0 spiro atoms. The molecule has 1 aliphatic rings. The summed E-state index contributed by atoms with van der Waals surface area (Å²) in [6, 6.07) is 11.8. The molecule has 128 valence electrons. The van der Waals surface area contributed by atoms with Gasteiger partial charge in [-0.3, -0.25) is 9.69 Å². The molecule has 1 atom stereocenters. The van der Waals surface area contributed by atoms with E-state index in [0.717, 1.165) is 5.76 Å². The van der Waals surface area contributed by atoms with Gasteiger partial charge in [-0.25, -0.2) is 0 Å². The van der Waals surface area contributed by atoms with Crippen molar-refractivity contribution in [2.24, 2.45) is 0 Å². The smallest absolute Gasteiger partial charge is 0.251 e. The van der Waals surface area contributed by atoms with Crippen molar-refractivity contribution in [2.45, 2.75) is 10.6 Å². The summed E-state index contributed by atoms with van der Waals surface area (Å²) in [5.41, 5.74) is 1.99. The lowest BCUT2D eigenvalue weighted by molar-refractivity contribution is 0.0939. The van der Waals surface area contributed by atoms with E-state index in [1.165, 1.54) is 17.1 Å². The zero-order chi connectivity index (χ0) is 16.9. The van der Waals surface area contributed by atoms with Crippen molar-refractivity contribution in [1.29, 1.82) is 0 Å². The van der Waals surface area contributed by atoms with Gasteiger partial charge in [0.05, 0.1) is 16.9 Å². The van der Waals surface area contributed by atoms with Crippen LogP contribution in [0.3, 0.4) is 0 Å². The van der Waals surface area contributed by atoms with Gasteiger partial charge < -0.3 is 9.73 Å². The van der Waals surface area contributed by atoms with E-state index in [-0.39, 0.29) is 11.9 Å². The first-order valence-electron chi connectivity index (χ1n) is 7.96. The van der Waals surface area contributed by atoms with Crippen LogP contribution < -0.4 is 5.32 Å². The van der Waals surface area contributed by atoms with Crippen LogP contribution in [0.4, 0.5) is 0 Å². The SMILES string of the molecule is CN(C)[C@H](CNC(=O)c1ccc(C2SCCS2)cc1)c1ccco1. The van der Waals surface area contributed by atoms with Gasteiger partial charge in [0.25, 0.3) is 5.91 Å². The summed E-state index contributed by atoms with van der Waals surface area (Å²) < 4.78 is 5.98. The maximum Gasteiger partial charge on any atom is 0.251 e. The van der Waals surface area contributed by atoms with E-state index in [9.17, 15) is 4.79 Å². The van der Waals surface area contributed by atoms with Crippen LogP contribution >= 0.6 is 23.5 Å². The number of rotatable bonds is 6. The molecule has 1 aromatic carbocycles. The third-order valence-electron chi connectivity index (χ3n) is 4.02. The minimum absolute atomic E-state index is 0.0227. The molecule has 1 aliphatic heterocycles. The van der Waals surface area contributed by atoms with Crippen LogP contribution in [0.25, 0.3) is 0 Å². The Balaban J connectivity index is 1.60. The molecule has 4 nitrogen and oxygen atoms in total. The minimum atomic E-state index is -0.0494. The molecule has 3 rings (SSSR count). The number of amides is 1. The van der Waals surface area contributed by atoms with Crippen molar-refractivity contribution in [3.63, 3.8) is 0 Å². The highest BCUT2D eigenvalue weighted by molar-refractivity contribution is 8.19. The molecule has 1 amide bonds. The van der Waals surface area contributed by atoms with Gasteiger partial charge in [0, 0.05) is 23.6 Å². The second-order valence-corrected chi connectivity index (χ2v) is 8.62. The largest absolute Gasteiger partial charge is 0.468 e. The predicted molar refractivity (Wildman–Crippen MR) is 102 cm³/mol. The van der Waals surface area contributed by atoms with E-state index in [2.05, 4.69) is 17.4 Å². The van der Waals surface area contributed by atoms with Gasteiger partial charge in [0.1, 0.15) is 5.76 Å². The number of carbonyl (C=O) groups is 1. The number of furan rings is 1. The Morgan fingerprint density at radius 1 is 1.25 bits per heavy atom. The van der Waals surface area contributed by atoms with Crippen LogP contribution in [0.5, 0.6) is 0 Å². The Hall–Kier alpha value is -1.37. The Morgan fingerprint density at radius 3 is 2.54 bits per heavy atom. The van der Waals surface area contributed by atoms with Gasteiger partial charge in [0.15, 0.2) is 0 Å². The summed E-state index contributed by atoms with van der Waals surface area (Å²) in [6.45, 7) is 0.509. The first kappa shape index (κ1) is 17.5. The van der Waals surface area contributed by atoms with Crippen molar-refractivity contribution in [2.75, 3.05) is 32.1 Å².